The van der Waals surface area contributed by atoms with Crippen LogP contribution >= 0.6 is 0 Å². The van der Waals surface area contributed by atoms with E-state index in [2.05, 4.69) is 9.71 Å². The molecular weight excluding hydrogens is 274 g/mol. The molecule has 0 bridgehead atoms. The van der Waals surface area contributed by atoms with Crippen LogP contribution < -0.4 is 4.72 Å². The number of benzene rings is 1. The van der Waals surface area contributed by atoms with Crippen LogP contribution in [0.2, 0.25) is 0 Å². The maximum absolute atomic E-state index is 13.5. The Bertz CT molecular complexity index is 700. The van der Waals surface area contributed by atoms with Gasteiger partial charge in [0.15, 0.2) is 0 Å². The highest BCUT2D eigenvalue weighted by atomic mass is 32.2. The summed E-state index contributed by atoms with van der Waals surface area (Å²) in [6.07, 6.45) is 0.866. The van der Waals surface area contributed by atoms with Gasteiger partial charge in [0.2, 0.25) is 0 Å². The van der Waals surface area contributed by atoms with Crippen molar-refractivity contribution in [2.75, 3.05) is 4.72 Å². The molecule has 19 heavy (non-hydrogen) atoms. The molecule has 7 heteroatoms. The molecule has 0 saturated carbocycles. The highest BCUT2D eigenvalue weighted by Crippen LogP contribution is 2.19. The summed E-state index contributed by atoms with van der Waals surface area (Å²) in [7, 11) is -4.09. The van der Waals surface area contributed by atoms with Crippen LogP contribution in [0.25, 0.3) is 0 Å². The molecule has 1 heterocycles. The Hall–Kier alpha value is -2.02. The first-order valence-corrected chi connectivity index (χ1v) is 6.77. The number of hydrogen-bond acceptors (Lipinski definition) is 3. The topological polar surface area (TPSA) is 59.1 Å². The van der Waals surface area contributed by atoms with Gasteiger partial charge < -0.3 is 0 Å². The number of halogens is 2. The van der Waals surface area contributed by atoms with Crippen LogP contribution in [0.4, 0.5) is 14.6 Å². The summed E-state index contributed by atoms with van der Waals surface area (Å²) in [6, 6.07) is 5.95. The van der Waals surface area contributed by atoms with Crippen molar-refractivity contribution in [3.05, 3.63) is 53.7 Å². The first kappa shape index (κ1) is 13.4. The zero-order valence-corrected chi connectivity index (χ0v) is 10.7. The smallest absolute Gasteiger partial charge is 0.263 e. The average Bonchev–Trinajstić information content (AvgIpc) is 2.35. The van der Waals surface area contributed by atoms with Gasteiger partial charge in [0.1, 0.15) is 22.3 Å². The van der Waals surface area contributed by atoms with Gasteiger partial charge in [-0.3, -0.25) is 4.72 Å². The fraction of sp³-hybridized carbons (Fsp3) is 0.0833. The first-order chi connectivity index (χ1) is 8.88. The molecule has 0 atom stereocenters. The van der Waals surface area contributed by atoms with Crippen molar-refractivity contribution in [2.24, 2.45) is 0 Å². The number of aryl methyl sites for hydroxylation is 1. The Morgan fingerprint density at radius 2 is 1.89 bits per heavy atom. The van der Waals surface area contributed by atoms with Crippen molar-refractivity contribution in [1.29, 1.82) is 0 Å². The molecule has 0 aliphatic carbocycles. The zero-order chi connectivity index (χ0) is 14.0. The molecule has 1 N–H and O–H groups in total. The van der Waals surface area contributed by atoms with Crippen molar-refractivity contribution >= 4 is 15.8 Å². The van der Waals surface area contributed by atoms with E-state index in [4.69, 9.17) is 0 Å². The van der Waals surface area contributed by atoms with E-state index in [1.807, 2.05) is 0 Å². The van der Waals surface area contributed by atoms with E-state index in [0.717, 1.165) is 24.4 Å². The van der Waals surface area contributed by atoms with Crippen LogP contribution in [-0.4, -0.2) is 13.4 Å². The Kier molecular flexibility index (Phi) is 3.48. The van der Waals surface area contributed by atoms with E-state index in [9.17, 15) is 17.2 Å². The van der Waals surface area contributed by atoms with Crippen LogP contribution in [0.5, 0.6) is 0 Å². The molecule has 0 fully saturated rings. The minimum Gasteiger partial charge on any atom is -0.263 e. The third-order valence-electron chi connectivity index (χ3n) is 2.34. The molecule has 0 radical (unpaired) electrons. The molecule has 2 aromatic rings. The minimum absolute atomic E-state index is 0.0812. The molecule has 2 rings (SSSR count). The Balaban J connectivity index is 2.37. The van der Waals surface area contributed by atoms with E-state index >= 15 is 0 Å². The normalized spacial score (nSPS) is 11.3. The quantitative estimate of drug-likeness (QED) is 0.942. The highest BCUT2D eigenvalue weighted by Gasteiger charge is 2.19. The molecule has 0 spiro atoms. The number of sulfonamides is 1. The van der Waals surface area contributed by atoms with E-state index < -0.39 is 26.6 Å². The summed E-state index contributed by atoms with van der Waals surface area (Å²) in [5.74, 6) is -1.53. The Morgan fingerprint density at radius 3 is 2.53 bits per heavy atom. The lowest BCUT2D eigenvalue weighted by Crippen LogP contribution is -2.15. The highest BCUT2D eigenvalue weighted by molar-refractivity contribution is 7.92. The predicted molar refractivity (Wildman–Crippen MR) is 66.1 cm³/mol. The van der Waals surface area contributed by atoms with Crippen molar-refractivity contribution in [2.45, 2.75) is 11.8 Å². The molecule has 0 unspecified atom stereocenters. The number of aromatic nitrogens is 1. The van der Waals surface area contributed by atoms with Crippen LogP contribution in [-0.2, 0) is 10.0 Å². The van der Waals surface area contributed by atoms with E-state index in [1.54, 1.807) is 6.92 Å². The summed E-state index contributed by atoms with van der Waals surface area (Å²) < 4.78 is 52.2. The van der Waals surface area contributed by atoms with Crippen LogP contribution in [0.15, 0.2) is 41.4 Å². The SMILES string of the molecule is Cc1ccc(F)c(S(=O)(=O)Nc2ccc(F)cn2)c1. The van der Waals surface area contributed by atoms with Crippen molar-refractivity contribution in [1.82, 2.24) is 4.98 Å². The van der Waals surface area contributed by atoms with Crippen molar-refractivity contribution in [3.8, 4) is 0 Å². The third kappa shape index (κ3) is 3.05. The van der Waals surface area contributed by atoms with Gasteiger partial charge in [-0.2, -0.15) is 0 Å². The second kappa shape index (κ2) is 4.93. The summed E-state index contributed by atoms with van der Waals surface area (Å²) in [5, 5.41) is 0. The molecule has 0 saturated heterocycles. The molecule has 1 aromatic carbocycles. The van der Waals surface area contributed by atoms with Gasteiger partial charge in [-0.25, -0.2) is 22.2 Å². The number of anilines is 1. The average molecular weight is 284 g/mol. The summed E-state index contributed by atoms with van der Waals surface area (Å²) >= 11 is 0. The van der Waals surface area contributed by atoms with Gasteiger partial charge in [0, 0.05) is 0 Å². The number of pyridine rings is 1. The molecule has 4 nitrogen and oxygen atoms in total. The fourth-order valence-electron chi connectivity index (χ4n) is 1.45. The largest absolute Gasteiger partial charge is 0.265 e. The molecule has 100 valence electrons. The second-order valence-electron chi connectivity index (χ2n) is 3.90. The third-order valence-corrected chi connectivity index (χ3v) is 3.71. The molecule has 0 aliphatic rings. The van der Waals surface area contributed by atoms with Crippen LogP contribution in [0.1, 0.15) is 5.56 Å². The van der Waals surface area contributed by atoms with Gasteiger partial charge in [0.05, 0.1) is 6.20 Å². The lowest BCUT2D eigenvalue weighted by atomic mass is 10.2. The predicted octanol–water partition coefficient (Wildman–Crippen LogP) is 2.47. The minimum atomic E-state index is -4.09. The Morgan fingerprint density at radius 1 is 1.16 bits per heavy atom. The van der Waals surface area contributed by atoms with E-state index in [0.29, 0.717) is 5.56 Å². The van der Waals surface area contributed by atoms with Gasteiger partial charge in [0.25, 0.3) is 10.0 Å². The van der Waals surface area contributed by atoms with E-state index in [-0.39, 0.29) is 5.82 Å². The van der Waals surface area contributed by atoms with Gasteiger partial charge in [-0.15, -0.1) is 0 Å². The summed E-state index contributed by atoms with van der Waals surface area (Å²) in [5.41, 5.74) is 0.605. The van der Waals surface area contributed by atoms with Gasteiger partial charge in [-0.05, 0) is 36.8 Å². The maximum atomic E-state index is 13.5. The van der Waals surface area contributed by atoms with Gasteiger partial charge >= 0.3 is 0 Å². The number of rotatable bonds is 3. The molecule has 0 aliphatic heterocycles. The number of nitrogens with one attached hydrogen (secondary N) is 1. The lowest BCUT2D eigenvalue weighted by Gasteiger charge is -2.08. The van der Waals surface area contributed by atoms with Gasteiger partial charge in [-0.1, -0.05) is 6.07 Å². The van der Waals surface area contributed by atoms with Crippen molar-refractivity contribution in [3.63, 3.8) is 0 Å². The lowest BCUT2D eigenvalue weighted by molar-refractivity contribution is 0.569. The molecule has 0 amide bonds. The fourth-order valence-corrected chi connectivity index (χ4v) is 2.62. The number of nitrogens with zero attached hydrogens (tertiary/aromatic N) is 1. The summed E-state index contributed by atoms with van der Waals surface area (Å²) in [6.45, 7) is 1.65. The Labute approximate surface area is 109 Å². The standard InChI is InChI=1S/C12H10F2N2O2S/c1-8-2-4-10(14)11(6-8)19(17,18)16-12-5-3-9(13)7-15-12/h2-7H,1H3,(H,15,16). The first-order valence-electron chi connectivity index (χ1n) is 5.29. The summed E-state index contributed by atoms with van der Waals surface area (Å²) in [4.78, 5) is 3.08. The van der Waals surface area contributed by atoms with Crippen LogP contribution in [0.3, 0.4) is 0 Å². The molecule has 1 aromatic heterocycles. The second-order valence-corrected chi connectivity index (χ2v) is 5.55. The van der Waals surface area contributed by atoms with Crippen LogP contribution in [0, 0.1) is 18.6 Å². The maximum Gasteiger partial charge on any atom is 0.265 e. The van der Waals surface area contributed by atoms with E-state index in [1.165, 1.54) is 12.1 Å². The molecular formula is C12H10F2N2O2S. The monoisotopic (exact) mass is 284 g/mol. The van der Waals surface area contributed by atoms with Crippen molar-refractivity contribution < 1.29 is 17.2 Å². The number of hydrogen-bond donors (Lipinski definition) is 1. The zero-order valence-electron chi connectivity index (χ0n) is 9.89.